The quantitative estimate of drug-likeness (QED) is 0.767. The third-order valence-corrected chi connectivity index (χ3v) is 3.82. The fraction of sp³-hybridized carbons (Fsp3) is 0.400. The molecule has 0 aliphatic rings. The van der Waals surface area contributed by atoms with E-state index < -0.39 is 9.84 Å². The zero-order valence-corrected chi connectivity index (χ0v) is 9.79. The van der Waals surface area contributed by atoms with Crippen LogP contribution in [0.5, 0.6) is 0 Å². The highest BCUT2D eigenvalue weighted by Gasteiger charge is 2.16. The average Bonchev–Trinajstić information content (AvgIpc) is 2.15. The lowest BCUT2D eigenvalue weighted by Crippen LogP contribution is -2.22. The molecular formula is C10H16N2O2S. The lowest BCUT2D eigenvalue weighted by atomic mass is 10.3. The van der Waals surface area contributed by atoms with Gasteiger partial charge < -0.3 is 10.6 Å². The molecule has 0 heterocycles. The monoisotopic (exact) mass is 228 g/mol. The van der Waals surface area contributed by atoms with Gasteiger partial charge >= 0.3 is 0 Å². The van der Waals surface area contributed by atoms with Crippen molar-refractivity contribution in [2.45, 2.75) is 4.90 Å². The third-order valence-electron chi connectivity index (χ3n) is 2.06. The van der Waals surface area contributed by atoms with E-state index in [1.54, 1.807) is 24.3 Å². The van der Waals surface area contributed by atoms with Gasteiger partial charge in [-0.1, -0.05) is 12.1 Å². The summed E-state index contributed by atoms with van der Waals surface area (Å²) in [6.07, 6.45) is 0. The van der Waals surface area contributed by atoms with Crippen molar-refractivity contribution in [2.24, 2.45) is 0 Å². The second kappa shape index (κ2) is 4.63. The highest BCUT2D eigenvalue weighted by atomic mass is 32.2. The van der Waals surface area contributed by atoms with E-state index in [1.807, 2.05) is 19.0 Å². The van der Waals surface area contributed by atoms with Crippen molar-refractivity contribution in [3.05, 3.63) is 24.3 Å². The Bertz CT molecular complexity index is 427. The molecule has 5 heteroatoms. The van der Waals surface area contributed by atoms with E-state index in [0.717, 1.165) is 0 Å². The molecule has 1 aromatic rings. The normalized spacial score (nSPS) is 11.9. The molecule has 0 radical (unpaired) electrons. The predicted molar refractivity (Wildman–Crippen MR) is 61.5 cm³/mol. The Balaban J connectivity index is 2.92. The van der Waals surface area contributed by atoms with Crippen LogP contribution >= 0.6 is 0 Å². The Hall–Kier alpha value is -1.07. The first-order valence-corrected chi connectivity index (χ1v) is 6.31. The summed E-state index contributed by atoms with van der Waals surface area (Å²) in [5.41, 5.74) is 5.94. The van der Waals surface area contributed by atoms with Crippen LogP contribution in [-0.2, 0) is 9.84 Å². The highest BCUT2D eigenvalue weighted by Crippen LogP contribution is 2.18. The molecule has 1 rings (SSSR count). The summed E-state index contributed by atoms with van der Waals surface area (Å²) in [6.45, 7) is 0.497. The van der Waals surface area contributed by atoms with Crippen molar-refractivity contribution in [1.82, 2.24) is 4.90 Å². The van der Waals surface area contributed by atoms with Gasteiger partial charge in [0.1, 0.15) is 0 Å². The number of hydrogen-bond acceptors (Lipinski definition) is 4. The van der Waals surface area contributed by atoms with Crippen molar-refractivity contribution >= 4 is 15.5 Å². The van der Waals surface area contributed by atoms with Crippen LogP contribution in [0.25, 0.3) is 0 Å². The number of nitrogens with two attached hydrogens (primary N) is 1. The van der Waals surface area contributed by atoms with Gasteiger partial charge in [0.25, 0.3) is 0 Å². The molecular weight excluding hydrogens is 212 g/mol. The van der Waals surface area contributed by atoms with Crippen molar-refractivity contribution < 1.29 is 8.42 Å². The number of para-hydroxylation sites is 1. The van der Waals surface area contributed by atoms with Crippen molar-refractivity contribution in [2.75, 3.05) is 32.1 Å². The molecule has 0 atom stereocenters. The number of hydrogen-bond donors (Lipinski definition) is 1. The van der Waals surface area contributed by atoms with Crippen LogP contribution in [0.15, 0.2) is 29.2 Å². The van der Waals surface area contributed by atoms with Gasteiger partial charge in [-0.3, -0.25) is 0 Å². The van der Waals surface area contributed by atoms with E-state index >= 15 is 0 Å². The molecule has 15 heavy (non-hydrogen) atoms. The molecule has 0 aliphatic heterocycles. The van der Waals surface area contributed by atoms with Crippen molar-refractivity contribution in [3.8, 4) is 0 Å². The summed E-state index contributed by atoms with van der Waals surface area (Å²) in [6, 6.07) is 6.54. The maximum Gasteiger partial charge on any atom is 0.181 e. The molecule has 0 saturated heterocycles. The second-order valence-electron chi connectivity index (χ2n) is 3.66. The summed E-state index contributed by atoms with van der Waals surface area (Å²) in [5, 5.41) is 0. The van der Waals surface area contributed by atoms with Gasteiger partial charge in [-0.05, 0) is 26.2 Å². The zero-order valence-electron chi connectivity index (χ0n) is 8.97. The van der Waals surface area contributed by atoms with Crippen LogP contribution in [0.4, 0.5) is 5.69 Å². The summed E-state index contributed by atoms with van der Waals surface area (Å²) in [7, 11) is 0.422. The number of nitrogen functional groups attached to an aromatic ring is 1. The zero-order chi connectivity index (χ0) is 11.5. The van der Waals surface area contributed by atoms with Crippen molar-refractivity contribution in [3.63, 3.8) is 0 Å². The lowest BCUT2D eigenvalue weighted by molar-refractivity contribution is 0.432. The smallest absolute Gasteiger partial charge is 0.181 e. The van der Waals surface area contributed by atoms with Gasteiger partial charge in [-0.25, -0.2) is 8.42 Å². The fourth-order valence-corrected chi connectivity index (χ4v) is 2.71. The van der Waals surface area contributed by atoms with Crippen LogP contribution < -0.4 is 5.73 Å². The van der Waals surface area contributed by atoms with Crippen molar-refractivity contribution in [1.29, 1.82) is 0 Å². The fourth-order valence-electron chi connectivity index (χ4n) is 1.18. The van der Waals surface area contributed by atoms with Gasteiger partial charge in [0, 0.05) is 6.54 Å². The van der Waals surface area contributed by atoms with E-state index in [4.69, 9.17) is 5.73 Å². The number of sulfone groups is 1. The number of rotatable bonds is 4. The van der Waals surface area contributed by atoms with Gasteiger partial charge in [-0.2, -0.15) is 0 Å². The minimum Gasteiger partial charge on any atom is -0.398 e. The number of nitrogens with zero attached hydrogens (tertiary/aromatic N) is 1. The van der Waals surface area contributed by atoms with Crippen LogP contribution in [0.3, 0.4) is 0 Å². The van der Waals surface area contributed by atoms with Crippen LogP contribution in [0, 0.1) is 0 Å². The van der Waals surface area contributed by atoms with E-state index in [1.165, 1.54) is 0 Å². The molecule has 0 amide bonds. The lowest BCUT2D eigenvalue weighted by Gasteiger charge is -2.11. The Kier molecular flexibility index (Phi) is 3.71. The SMILES string of the molecule is CN(C)CCS(=O)(=O)c1ccccc1N. The van der Waals surface area contributed by atoms with Gasteiger partial charge in [0.05, 0.1) is 16.3 Å². The van der Waals surface area contributed by atoms with Gasteiger partial charge in [0.2, 0.25) is 0 Å². The standard InChI is InChI=1S/C10H16N2O2S/c1-12(2)7-8-15(13,14)10-6-4-3-5-9(10)11/h3-6H,7-8,11H2,1-2H3. The van der Waals surface area contributed by atoms with Crippen LogP contribution in [0.2, 0.25) is 0 Å². The number of benzene rings is 1. The Labute approximate surface area is 90.6 Å². The first kappa shape index (κ1) is 12.0. The summed E-state index contributed by atoms with van der Waals surface area (Å²) in [4.78, 5) is 2.06. The van der Waals surface area contributed by atoms with Gasteiger partial charge in [-0.15, -0.1) is 0 Å². The molecule has 0 aromatic heterocycles. The summed E-state index contributed by atoms with van der Waals surface area (Å²) >= 11 is 0. The molecule has 84 valence electrons. The summed E-state index contributed by atoms with van der Waals surface area (Å²) < 4.78 is 23.7. The first-order chi connectivity index (χ1) is 6.93. The van der Waals surface area contributed by atoms with E-state index in [9.17, 15) is 8.42 Å². The van der Waals surface area contributed by atoms with Crippen LogP contribution in [0.1, 0.15) is 0 Å². The molecule has 0 saturated carbocycles. The number of anilines is 1. The molecule has 4 nitrogen and oxygen atoms in total. The minimum atomic E-state index is -3.25. The molecule has 0 aliphatic carbocycles. The first-order valence-electron chi connectivity index (χ1n) is 4.65. The average molecular weight is 228 g/mol. The topological polar surface area (TPSA) is 63.4 Å². The van der Waals surface area contributed by atoms with E-state index in [2.05, 4.69) is 0 Å². The summed E-state index contributed by atoms with van der Waals surface area (Å²) in [5.74, 6) is 0.0915. The minimum absolute atomic E-state index is 0.0915. The Morgan fingerprint density at radius 1 is 1.27 bits per heavy atom. The third kappa shape index (κ3) is 3.21. The molecule has 0 fully saturated rings. The maximum absolute atomic E-state index is 11.9. The largest absolute Gasteiger partial charge is 0.398 e. The second-order valence-corrected chi connectivity index (χ2v) is 5.74. The highest BCUT2D eigenvalue weighted by molar-refractivity contribution is 7.91. The maximum atomic E-state index is 11.9. The molecule has 0 unspecified atom stereocenters. The predicted octanol–water partition coefficient (Wildman–Crippen LogP) is 0.604. The molecule has 0 spiro atoms. The molecule has 1 aromatic carbocycles. The Morgan fingerprint density at radius 3 is 2.40 bits per heavy atom. The van der Waals surface area contributed by atoms with Crippen LogP contribution in [-0.4, -0.2) is 39.7 Å². The Morgan fingerprint density at radius 2 is 1.87 bits per heavy atom. The van der Waals surface area contributed by atoms with E-state index in [-0.39, 0.29) is 10.6 Å². The van der Waals surface area contributed by atoms with Gasteiger partial charge in [0.15, 0.2) is 9.84 Å². The molecule has 0 bridgehead atoms. The van der Waals surface area contributed by atoms with E-state index in [0.29, 0.717) is 12.2 Å². The molecule has 2 N–H and O–H groups in total.